The summed E-state index contributed by atoms with van der Waals surface area (Å²) in [4.78, 5) is 4.49. The highest BCUT2D eigenvalue weighted by Gasteiger charge is 2.16. The van der Waals surface area contributed by atoms with Crippen molar-refractivity contribution in [2.75, 3.05) is 6.54 Å². The zero-order chi connectivity index (χ0) is 14.7. The molecule has 1 aromatic heterocycles. The summed E-state index contributed by atoms with van der Waals surface area (Å²) in [6, 6.07) is 11.1. The molecule has 1 aromatic carbocycles. The van der Waals surface area contributed by atoms with E-state index in [9.17, 15) is 0 Å². The number of halogens is 1. The van der Waals surface area contributed by atoms with E-state index in [1.165, 1.54) is 16.7 Å². The number of ether oxygens (including phenoxy) is 1. The van der Waals surface area contributed by atoms with Crippen LogP contribution in [0.4, 0.5) is 0 Å². The summed E-state index contributed by atoms with van der Waals surface area (Å²) in [6.07, 6.45) is 2.75. The number of hydrogen-bond acceptors (Lipinski definition) is 3. The highest BCUT2D eigenvalue weighted by atomic mass is 79.9. The number of pyridine rings is 1. The summed E-state index contributed by atoms with van der Waals surface area (Å²) < 4.78 is 6.52. The molecule has 21 heavy (non-hydrogen) atoms. The fourth-order valence-corrected chi connectivity index (χ4v) is 2.93. The smallest absolute Gasteiger partial charge is 0.0725 e. The minimum atomic E-state index is 0.287. The zero-order valence-corrected chi connectivity index (χ0v) is 13.7. The van der Waals surface area contributed by atoms with Crippen LogP contribution in [0, 0.1) is 0 Å². The molecule has 3 nitrogen and oxygen atoms in total. The van der Waals surface area contributed by atoms with Crippen molar-refractivity contribution in [3.8, 4) is 0 Å². The molecule has 1 aliphatic rings. The van der Waals surface area contributed by atoms with E-state index in [-0.39, 0.29) is 6.04 Å². The molecule has 1 aliphatic heterocycles. The van der Waals surface area contributed by atoms with Gasteiger partial charge in [0, 0.05) is 28.8 Å². The van der Waals surface area contributed by atoms with Gasteiger partial charge in [-0.25, -0.2) is 0 Å². The number of hydrogen-bond donors (Lipinski definition) is 1. The van der Waals surface area contributed by atoms with Crippen LogP contribution in [-0.2, 0) is 24.4 Å². The average molecular weight is 347 g/mol. The van der Waals surface area contributed by atoms with Crippen LogP contribution in [0.2, 0.25) is 0 Å². The maximum Gasteiger partial charge on any atom is 0.0725 e. The molecule has 4 heteroatoms. The number of nitrogens with zero attached hydrogens (tertiary/aromatic N) is 1. The summed E-state index contributed by atoms with van der Waals surface area (Å²) >= 11 is 3.43. The normalized spacial score (nSPS) is 15.0. The van der Waals surface area contributed by atoms with Crippen LogP contribution >= 0.6 is 15.9 Å². The summed E-state index contributed by atoms with van der Waals surface area (Å²) in [5, 5.41) is 3.56. The first-order chi connectivity index (χ1) is 10.3. The number of fused-ring (bicyclic) bond motifs is 1. The maximum absolute atomic E-state index is 5.50. The molecule has 1 N–H and O–H groups in total. The van der Waals surface area contributed by atoms with E-state index in [1.807, 2.05) is 12.3 Å². The van der Waals surface area contributed by atoms with Crippen LogP contribution in [0.15, 0.2) is 41.0 Å². The Morgan fingerprint density at radius 1 is 1.24 bits per heavy atom. The lowest BCUT2D eigenvalue weighted by Gasteiger charge is -2.19. The van der Waals surface area contributed by atoms with Crippen molar-refractivity contribution >= 4 is 15.9 Å². The molecule has 0 radical (unpaired) electrons. The molecular weight excluding hydrogens is 328 g/mol. The highest BCUT2D eigenvalue weighted by Crippen LogP contribution is 2.25. The Hall–Kier alpha value is -1.23. The van der Waals surface area contributed by atoms with Crippen LogP contribution < -0.4 is 5.32 Å². The Labute approximate surface area is 133 Å². The molecule has 0 saturated heterocycles. The molecule has 110 valence electrons. The molecule has 0 aliphatic carbocycles. The predicted octanol–water partition coefficient (Wildman–Crippen LogP) is 3.77. The second-order valence-electron chi connectivity index (χ2n) is 5.30. The van der Waals surface area contributed by atoms with Gasteiger partial charge in [0.25, 0.3) is 0 Å². The van der Waals surface area contributed by atoms with Crippen molar-refractivity contribution in [1.29, 1.82) is 0 Å². The van der Waals surface area contributed by atoms with Crippen LogP contribution in [0.3, 0.4) is 0 Å². The van der Waals surface area contributed by atoms with Crippen molar-refractivity contribution in [3.63, 3.8) is 0 Å². The van der Waals surface area contributed by atoms with E-state index in [4.69, 9.17) is 4.74 Å². The predicted molar refractivity (Wildman–Crippen MR) is 87.0 cm³/mol. The number of nitrogens with one attached hydrogen (secondary N) is 1. The standard InChI is InChI=1S/C17H19BrN2O/c1-2-19-17(8-16-6-5-15(18)9-20-16)12-3-4-13-10-21-11-14(13)7-12/h3-7,9,17,19H,2,8,10-11H2,1H3. The van der Waals surface area contributed by atoms with Gasteiger partial charge >= 0.3 is 0 Å². The van der Waals surface area contributed by atoms with Crippen LogP contribution in [0.25, 0.3) is 0 Å². The Morgan fingerprint density at radius 3 is 2.86 bits per heavy atom. The lowest BCUT2D eigenvalue weighted by atomic mass is 9.97. The summed E-state index contributed by atoms with van der Waals surface area (Å²) in [5.41, 5.74) is 5.04. The Kier molecular flexibility index (Phi) is 4.68. The maximum atomic E-state index is 5.50. The fraction of sp³-hybridized carbons (Fsp3) is 0.353. The minimum absolute atomic E-state index is 0.287. The Balaban J connectivity index is 1.82. The molecule has 3 rings (SSSR count). The van der Waals surface area contributed by atoms with Gasteiger partial charge in [-0.05, 0) is 51.3 Å². The van der Waals surface area contributed by atoms with Crippen LogP contribution in [-0.4, -0.2) is 11.5 Å². The van der Waals surface area contributed by atoms with Gasteiger partial charge in [-0.2, -0.15) is 0 Å². The summed E-state index contributed by atoms with van der Waals surface area (Å²) in [5.74, 6) is 0. The Bertz CT molecular complexity index is 613. The molecule has 0 spiro atoms. The highest BCUT2D eigenvalue weighted by molar-refractivity contribution is 9.10. The molecule has 0 amide bonds. The van der Waals surface area contributed by atoms with Crippen molar-refractivity contribution in [2.45, 2.75) is 32.6 Å². The first-order valence-electron chi connectivity index (χ1n) is 7.29. The van der Waals surface area contributed by atoms with Gasteiger partial charge in [0.15, 0.2) is 0 Å². The van der Waals surface area contributed by atoms with Gasteiger partial charge in [-0.1, -0.05) is 25.1 Å². The second-order valence-corrected chi connectivity index (χ2v) is 6.22. The van der Waals surface area contributed by atoms with Gasteiger partial charge in [0.05, 0.1) is 13.2 Å². The third-order valence-corrected chi connectivity index (χ3v) is 4.27. The molecule has 2 aromatic rings. The quantitative estimate of drug-likeness (QED) is 0.894. The molecule has 0 saturated carbocycles. The van der Waals surface area contributed by atoms with E-state index in [0.29, 0.717) is 0 Å². The minimum Gasteiger partial charge on any atom is -0.372 e. The van der Waals surface area contributed by atoms with Gasteiger partial charge in [0.1, 0.15) is 0 Å². The molecule has 1 unspecified atom stereocenters. The van der Waals surface area contributed by atoms with Crippen molar-refractivity contribution in [3.05, 3.63) is 63.4 Å². The van der Waals surface area contributed by atoms with Gasteiger partial charge in [0.2, 0.25) is 0 Å². The fourth-order valence-electron chi connectivity index (χ4n) is 2.70. The number of benzene rings is 1. The van der Waals surface area contributed by atoms with Crippen molar-refractivity contribution in [1.82, 2.24) is 10.3 Å². The van der Waals surface area contributed by atoms with E-state index in [0.717, 1.165) is 36.3 Å². The van der Waals surface area contributed by atoms with E-state index in [1.54, 1.807) is 0 Å². The molecule has 0 fully saturated rings. The zero-order valence-electron chi connectivity index (χ0n) is 12.1. The first-order valence-corrected chi connectivity index (χ1v) is 8.09. The first kappa shape index (κ1) is 14.7. The average Bonchev–Trinajstić information content (AvgIpc) is 2.96. The third-order valence-electron chi connectivity index (χ3n) is 3.80. The SMILES string of the molecule is CCNC(Cc1ccc(Br)cn1)c1ccc2c(c1)COC2. The summed E-state index contributed by atoms with van der Waals surface area (Å²) in [6.45, 7) is 4.56. The van der Waals surface area contributed by atoms with Gasteiger partial charge in [-0.15, -0.1) is 0 Å². The lowest BCUT2D eigenvalue weighted by molar-refractivity contribution is 0.134. The number of aromatic nitrogens is 1. The van der Waals surface area contributed by atoms with Crippen molar-refractivity contribution in [2.24, 2.45) is 0 Å². The lowest BCUT2D eigenvalue weighted by Crippen LogP contribution is -2.23. The van der Waals surface area contributed by atoms with E-state index >= 15 is 0 Å². The third kappa shape index (κ3) is 3.51. The molecule has 0 bridgehead atoms. The van der Waals surface area contributed by atoms with Gasteiger partial charge in [-0.3, -0.25) is 4.98 Å². The largest absolute Gasteiger partial charge is 0.372 e. The monoisotopic (exact) mass is 346 g/mol. The summed E-state index contributed by atoms with van der Waals surface area (Å²) in [7, 11) is 0. The molecule has 1 atom stereocenters. The number of rotatable bonds is 5. The molecular formula is C17H19BrN2O. The van der Waals surface area contributed by atoms with Gasteiger partial charge < -0.3 is 10.1 Å². The Morgan fingerprint density at radius 2 is 2.10 bits per heavy atom. The van der Waals surface area contributed by atoms with Crippen LogP contribution in [0.1, 0.15) is 35.3 Å². The van der Waals surface area contributed by atoms with Crippen molar-refractivity contribution < 1.29 is 4.74 Å². The van der Waals surface area contributed by atoms with E-state index < -0.39 is 0 Å². The second kappa shape index (κ2) is 6.69. The molecule has 2 heterocycles. The topological polar surface area (TPSA) is 34.2 Å². The number of likely N-dealkylation sites (N-methyl/N-ethyl adjacent to an activating group) is 1. The van der Waals surface area contributed by atoms with E-state index in [2.05, 4.69) is 57.4 Å². The van der Waals surface area contributed by atoms with Crippen LogP contribution in [0.5, 0.6) is 0 Å².